The number of hydrogen-bond acceptors (Lipinski definition) is 2. The van der Waals surface area contributed by atoms with Gasteiger partial charge in [-0.3, -0.25) is 0 Å². The fourth-order valence-corrected chi connectivity index (χ4v) is 2.26. The van der Waals surface area contributed by atoms with E-state index in [1.807, 2.05) is 19.1 Å². The maximum atomic E-state index is 5.77. The van der Waals surface area contributed by atoms with E-state index in [-0.39, 0.29) is 0 Å². The summed E-state index contributed by atoms with van der Waals surface area (Å²) in [6, 6.07) is 8.27. The second-order valence-corrected chi connectivity index (χ2v) is 4.80. The predicted molar refractivity (Wildman–Crippen MR) is 79.2 cm³/mol. The van der Waals surface area contributed by atoms with Crippen LogP contribution in [0.2, 0.25) is 0 Å². The van der Waals surface area contributed by atoms with Gasteiger partial charge in [-0.05, 0) is 31.0 Å². The Bertz CT molecular complexity index is 310. The molecule has 0 aliphatic carbocycles. The Balaban J connectivity index is 2.41. The zero-order chi connectivity index (χ0) is 13.2. The number of benzene rings is 1. The first-order valence-corrected chi connectivity index (χ1v) is 7.43. The van der Waals surface area contributed by atoms with Gasteiger partial charge >= 0.3 is 0 Å². The van der Waals surface area contributed by atoms with Crippen LogP contribution in [0.1, 0.15) is 12.5 Å². The van der Waals surface area contributed by atoms with Crippen molar-refractivity contribution >= 4 is 23.2 Å². The average molecular weight is 290 g/mol. The fourth-order valence-electron chi connectivity index (χ4n) is 1.78. The second-order valence-electron chi connectivity index (χ2n) is 4.05. The van der Waals surface area contributed by atoms with Crippen LogP contribution in [0.3, 0.4) is 0 Å². The Hall–Kier alpha value is -0.440. The van der Waals surface area contributed by atoms with Crippen molar-refractivity contribution in [3.05, 3.63) is 29.8 Å². The molecule has 0 atom stereocenters. The van der Waals surface area contributed by atoms with Gasteiger partial charge in [0.1, 0.15) is 5.75 Å². The Morgan fingerprint density at radius 3 is 2.11 bits per heavy atom. The summed E-state index contributed by atoms with van der Waals surface area (Å²) in [7, 11) is 0. The monoisotopic (exact) mass is 289 g/mol. The van der Waals surface area contributed by atoms with Gasteiger partial charge in [-0.15, -0.1) is 23.2 Å². The van der Waals surface area contributed by atoms with Gasteiger partial charge in [-0.25, -0.2) is 0 Å². The van der Waals surface area contributed by atoms with Crippen molar-refractivity contribution in [2.45, 2.75) is 13.3 Å². The molecule has 0 N–H and O–H groups in total. The molecule has 102 valence electrons. The molecule has 0 fully saturated rings. The van der Waals surface area contributed by atoms with E-state index in [1.54, 1.807) is 0 Å². The minimum absolute atomic E-state index is 0.653. The summed E-state index contributed by atoms with van der Waals surface area (Å²) in [5, 5.41) is 0. The van der Waals surface area contributed by atoms with Gasteiger partial charge in [0, 0.05) is 31.4 Å². The van der Waals surface area contributed by atoms with E-state index in [4.69, 9.17) is 27.9 Å². The lowest BCUT2D eigenvalue weighted by Crippen LogP contribution is -2.30. The van der Waals surface area contributed by atoms with Crippen LogP contribution in [0.25, 0.3) is 0 Å². The zero-order valence-corrected chi connectivity index (χ0v) is 12.4. The molecule has 18 heavy (non-hydrogen) atoms. The number of nitrogens with zero attached hydrogens (tertiary/aromatic N) is 1. The maximum Gasteiger partial charge on any atom is 0.119 e. The highest BCUT2D eigenvalue weighted by atomic mass is 35.5. The lowest BCUT2D eigenvalue weighted by Gasteiger charge is -2.19. The summed E-state index contributed by atoms with van der Waals surface area (Å²) >= 11 is 11.5. The second kappa shape index (κ2) is 9.48. The predicted octanol–water partition coefficient (Wildman–Crippen LogP) is 3.41. The van der Waals surface area contributed by atoms with Crippen molar-refractivity contribution in [1.29, 1.82) is 0 Å². The summed E-state index contributed by atoms with van der Waals surface area (Å²) in [6.45, 7) is 5.48. The van der Waals surface area contributed by atoms with E-state index in [9.17, 15) is 0 Å². The molecular formula is C14H21Cl2NO. The molecule has 0 unspecified atom stereocenters. The first-order chi connectivity index (χ1) is 8.80. The Morgan fingerprint density at radius 1 is 1.00 bits per heavy atom. The van der Waals surface area contributed by atoms with Crippen LogP contribution < -0.4 is 4.74 Å². The highest BCUT2D eigenvalue weighted by Gasteiger charge is 2.04. The van der Waals surface area contributed by atoms with Crippen LogP contribution in [0.15, 0.2) is 24.3 Å². The molecule has 0 saturated heterocycles. The molecule has 0 bridgehead atoms. The van der Waals surface area contributed by atoms with E-state index >= 15 is 0 Å². The number of halogens is 2. The molecule has 0 spiro atoms. The van der Waals surface area contributed by atoms with Gasteiger partial charge in [0.25, 0.3) is 0 Å². The molecule has 1 aromatic rings. The SMILES string of the molecule is CCOc1ccc(CCN(CCCl)CCCl)cc1. The van der Waals surface area contributed by atoms with Gasteiger partial charge in [0.15, 0.2) is 0 Å². The van der Waals surface area contributed by atoms with Gasteiger partial charge < -0.3 is 9.64 Å². The first kappa shape index (κ1) is 15.6. The minimum atomic E-state index is 0.653. The average Bonchev–Trinajstić information content (AvgIpc) is 2.38. The Labute approximate surface area is 120 Å². The molecule has 2 nitrogen and oxygen atoms in total. The number of hydrogen-bond donors (Lipinski definition) is 0. The van der Waals surface area contributed by atoms with Crippen molar-refractivity contribution in [3.8, 4) is 5.75 Å². The van der Waals surface area contributed by atoms with Crippen LogP contribution in [0.4, 0.5) is 0 Å². The maximum absolute atomic E-state index is 5.77. The molecule has 1 aromatic carbocycles. The van der Waals surface area contributed by atoms with Gasteiger partial charge in [0.05, 0.1) is 6.61 Å². The number of alkyl halides is 2. The quantitative estimate of drug-likeness (QED) is 0.646. The Morgan fingerprint density at radius 2 is 1.61 bits per heavy atom. The number of ether oxygens (including phenoxy) is 1. The van der Waals surface area contributed by atoms with Crippen molar-refractivity contribution in [3.63, 3.8) is 0 Å². The van der Waals surface area contributed by atoms with Gasteiger partial charge in [0.2, 0.25) is 0 Å². The lowest BCUT2D eigenvalue weighted by molar-refractivity contribution is 0.311. The standard InChI is InChI=1S/C14H21Cl2NO/c1-2-18-14-5-3-13(4-6-14)7-10-17(11-8-15)12-9-16/h3-6H,2,7-12H2,1H3. The molecule has 0 aromatic heterocycles. The van der Waals surface area contributed by atoms with Crippen LogP contribution in [-0.2, 0) is 6.42 Å². The smallest absolute Gasteiger partial charge is 0.119 e. The third-order valence-corrected chi connectivity index (χ3v) is 3.09. The summed E-state index contributed by atoms with van der Waals surface area (Å²) in [6.07, 6.45) is 1.01. The third kappa shape index (κ3) is 5.94. The van der Waals surface area contributed by atoms with Crippen molar-refractivity contribution in [2.75, 3.05) is 38.0 Å². The minimum Gasteiger partial charge on any atom is -0.494 e. The van der Waals surface area contributed by atoms with Crippen molar-refractivity contribution in [2.24, 2.45) is 0 Å². The summed E-state index contributed by atoms with van der Waals surface area (Å²) in [4.78, 5) is 2.29. The third-order valence-electron chi connectivity index (χ3n) is 2.75. The molecular weight excluding hydrogens is 269 g/mol. The van der Waals surface area contributed by atoms with E-state index in [2.05, 4.69) is 17.0 Å². The normalized spacial score (nSPS) is 10.9. The summed E-state index contributed by atoms with van der Waals surface area (Å²) in [5.41, 5.74) is 1.31. The highest BCUT2D eigenvalue weighted by molar-refractivity contribution is 6.18. The molecule has 4 heteroatoms. The number of rotatable bonds is 9. The van der Waals surface area contributed by atoms with E-state index in [1.165, 1.54) is 5.56 Å². The molecule has 1 rings (SSSR count). The van der Waals surface area contributed by atoms with Gasteiger partial charge in [-0.2, -0.15) is 0 Å². The van der Waals surface area contributed by atoms with Crippen LogP contribution in [0, 0.1) is 0 Å². The topological polar surface area (TPSA) is 12.5 Å². The molecule has 0 aliphatic rings. The zero-order valence-electron chi connectivity index (χ0n) is 10.9. The fraction of sp³-hybridized carbons (Fsp3) is 0.571. The first-order valence-electron chi connectivity index (χ1n) is 6.36. The Kier molecular flexibility index (Phi) is 8.23. The van der Waals surface area contributed by atoms with E-state index < -0.39 is 0 Å². The van der Waals surface area contributed by atoms with Gasteiger partial charge in [-0.1, -0.05) is 12.1 Å². The largest absolute Gasteiger partial charge is 0.494 e. The van der Waals surface area contributed by atoms with E-state index in [0.717, 1.165) is 31.8 Å². The van der Waals surface area contributed by atoms with Crippen molar-refractivity contribution in [1.82, 2.24) is 4.90 Å². The molecule has 0 aliphatic heterocycles. The summed E-state index contributed by atoms with van der Waals surface area (Å²) < 4.78 is 5.42. The van der Waals surface area contributed by atoms with Crippen LogP contribution in [-0.4, -0.2) is 42.9 Å². The lowest BCUT2D eigenvalue weighted by atomic mass is 10.1. The van der Waals surface area contributed by atoms with E-state index in [0.29, 0.717) is 18.4 Å². The molecule has 0 amide bonds. The molecule has 0 heterocycles. The molecule has 0 saturated carbocycles. The van der Waals surface area contributed by atoms with Crippen molar-refractivity contribution < 1.29 is 4.74 Å². The van der Waals surface area contributed by atoms with Crippen LogP contribution in [0.5, 0.6) is 5.75 Å². The molecule has 0 radical (unpaired) electrons. The highest BCUT2D eigenvalue weighted by Crippen LogP contribution is 2.12. The summed E-state index contributed by atoms with van der Waals surface area (Å²) in [5.74, 6) is 2.24. The van der Waals surface area contributed by atoms with Crippen LogP contribution >= 0.6 is 23.2 Å².